The van der Waals surface area contributed by atoms with Gasteiger partial charge in [0, 0.05) is 122 Å². The van der Waals surface area contributed by atoms with Crippen LogP contribution in [0, 0.1) is 13.8 Å². The number of H-pyrrole nitrogens is 2. The number of nitrogens with zero attached hydrogens (tertiary/aromatic N) is 8. The highest BCUT2D eigenvalue weighted by atomic mass is 32.2. The number of carbonyl (C=O) groups is 12. The van der Waals surface area contributed by atoms with E-state index >= 15 is 0 Å². The van der Waals surface area contributed by atoms with Crippen LogP contribution in [0.2, 0.25) is 0 Å². The maximum Gasteiger partial charge on any atom is 0.317 e. The van der Waals surface area contributed by atoms with E-state index in [1.807, 2.05) is 59.7 Å². The first-order chi connectivity index (χ1) is 48.1. The zero-order chi connectivity index (χ0) is 75.7. The number of allylic oxidation sites excluding steroid dienone is 4. The Kier molecular flexibility index (Phi) is 33.0. The van der Waals surface area contributed by atoms with Crippen molar-refractivity contribution in [2.45, 2.75) is 77.7 Å². The molecule has 3 aromatic heterocycles. The Morgan fingerprint density at radius 3 is 0.961 bits per heavy atom. The molecule has 8 bridgehead atoms. The number of aryl methyl sites for hydroxylation is 2. The van der Waals surface area contributed by atoms with Crippen molar-refractivity contribution in [2.75, 3.05) is 142 Å². The second-order valence-corrected chi connectivity index (χ2v) is 27.5. The topological polar surface area (TPSA) is 508 Å². The number of carbonyl (C=O) groups excluding carboxylic acids is 2. The summed E-state index contributed by atoms with van der Waals surface area (Å²) >= 11 is 3.01. The molecule has 2 atom stereocenters. The molecular weight excluding hydrogens is 1380 g/mol. The van der Waals surface area contributed by atoms with Crippen LogP contribution in [0.3, 0.4) is 0 Å². The predicted octanol–water partition coefficient (Wildman–Crippen LogP) is 2.83. The van der Waals surface area contributed by atoms with E-state index in [1.165, 1.54) is 43.1 Å². The maximum atomic E-state index is 13.5. The molecule has 558 valence electrons. The van der Waals surface area contributed by atoms with Gasteiger partial charge in [0.15, 0.2) is 0 Å². The van der Waals surface area contributed by atoms with E-state index in [4.69, 9.17) is 9.97 Å². The third-order valence-electron chi connectivity index (χ3n) is 16.7. The van der Waals surface area contributed by atoms with Crippen molar-refractivity contribution in [3.05, 3.63) is 69.3 Å². The Balaban J connectivity index is 1.47. The molecule has 102 heavy (non-hydrogen) atoms. The van der Waals surface area contributed by atoms with Gasteiger partial charge < -0.3 is 71.7 Å². The average Bonchev–Trinajstić information content (AvgIpc) is 1.62. The van der Waals surface area contributed by atoms with Crippen molar-refractivity contribution in [3.63, 3.8) is 0 Å². The largest absolute Gasteiger partial charge is 0.481 e. The summed E-state index contributed by atoms with van der Waals surface area (Å²) in [6.07, 6.45) is -0.186. The van der Waals surface area contributed by atoms with Gasteiger partial charge in [0.25, 0.3) is 0 Å². The van der Waals surface area contributed by atoms with E-state index < -0.39 is 124 Å². The van der Waals surface area contributed by atoms with Crippen LogP contribution < -0.4 is 10.6 Å². The third-order valence-corrected chi connectivity index (χ3v) is 19.1. The summed E-state index contributed by atoms with van der Waals surface area (Å²) in [4.78, 5) is 169. The molecule has 2 unspecified atom stereocenters. The summed E-state index contributed by atoms with van der Waals surface area (Å²) in [6.45, 7) is 5.68. The molecule has 0 saturated carbocycles. The summed E-state index contributed by atoms with van der Waals surface area (Å²) in [5.41, 5.74) is 10.9. The number of amides is 2. The first-order valence-electron chi connectivity index (χ1n) is 32.5. The average molecular weight is 1470 g/mol. The summed E-state index contributed by atoms with van der Waals surface area (Å²) in [5, 5.41) is 101. The highest BCUT2D eigenvalue weighted by Crippen LogP contribution is 2.42. The van der Waals surface area contributed by atoms with Crippen molar-refractivity contribution >= 4 is 139 Å². The van der Waals surface area contributed by atoms with Crippen LogP contribution in [-0.2, 0) is 57.5 Å². The number of aliphatic carboxylic acids is 10. The number of fused-ring (bicyclic) bond motifs is 8. The first-order valence-corrected chi connectivity index (χ1v) is 34.6. The molecule has 0 aliphatic carbocycles. The normalized spacial score (nSPS) is 13.0. The summed E-state index contributed by atoms with van der Waals surface area (Å²) < 4.78 is 0. The van der Waals surface area contributed by atoms with Crippen molar-refractivity contribution in [2.24, 2.45) is 0 Å². The Bertz CT molecular complexity index is 3820. The Morgan fingerprint density at radius 1 is 0.373 bits per heavy atom. The molecule has 36 heteroatoms. The van der Waals surface area contributed by atoms with E-state index in [0.29, 0.717) is 73.1 Å². The van der Waals surface area contributed by atoms with Crippen LogP contribution in [-0.4, -0.2) is 314 Å². The predicted molar refractivity (Wildman–Crippen MR) is 377 cm³/mol. The zero-order valence-electron chi connectivity index (χ0n) is 57.6. The lowest BCUT2D eigenvalue weighted by atomic mass is 9.98. The molecule has 5 rings (SSSR count). The maximum absolute atomic E-state index is 13.5. The quantitative estimate of drug-likeness (QED) is 0.0361. The molecule has 14 N–H and O–H groups in total. The molecule has 2 aliphatic heterocycles. The highest BCUT2D eigenvalue weighted by molar-refractivity contribution is 7.99. The molecule has 2 amide bonds. The second kappa shape index (κ2) is 40.4. The fourth-order valence-corrected chi connectivity index (χ4v) is 14.0. The summed E-state index contributed by atoms with van der Waals surface area (Å²) in [5.74, 6) is -12.5. The van der Waals surface area contributed by atoms with Gasteiger partial charge in [0.2, 0.25) is 11.8 Å². The number of hydrogen-bond donors (Lipinski definition) is 14. The number of aromatic amines is 2. The van der Waals surface area contributed by atoms with Crippen LogP contribution in [0.4, 0.5) is 0 Å². The van der Waals surface area contributed by atoms with Gasteiger partial charge in [-0.15, -0.1) is 0 Å². The molecular formula is C66H90N12O22S2. The monoisotopic (exact) mass is 1470 g/mol. The van der Waals surface area contributed by atoms with E-state index in [9.17, 15) is 109 Å². The molecule has 0 saturated heterocycles. The standard InChI is InChI=1S/C66H90N12O22S2/c1-37-43(7-9-55(81)82)49-26-50-44(8-10-56(83)84)38(2)46(70-50)24-51-66(42(6)102-22-12-68-54(80)28-76(32-60(91)92)18-14-74(30-58(87)88)16-20-78(35-63(97)98)36-64(99)100)40(4)48(72-51)25-52-65(39(3)47(71-52)23-45(37)69-49)41(5)101-21-11-67-53(79)27-75(31-59(89)90)17-13-73(29-57(85)86)15-19-77(33-61(93)94)34-62(95)96/h23-26,41-42,71-72H,7-22,27-36H2,1-6H3,(H,67,79)(H,68,80)(H,81,82)(H,83,84)(H,85,86)(H,87,88)(H,89,90)(H,91,92)(H,93,94)(H,95,96)(H,97,98)(H,99,100). The molecule has 0 fully saturated rings. The second-order valence-electron chi connectivity index (χ2n) is 24.6. The number of hydrogen-bond acceptors (Lipinski definition) is 22. The van der Waals surface area contributed by atoms with Crippen molar-refractivity contribution in [3.8, 4) is 0 Å². The van der Waals surface area contributed by atoms with Gasteiger partial charge >= 0.3 is 59.7 Å². The minimum absolute atomic E-state index is 0.0594. The van der Waals surface area contributed by atoms with Crippen LogP contribution in [0.15, 0.2) is 24.3 Å². The molecule has 0 radical (unpaired) electrons. The Hall–Kier alpha value is -9.30. The Labute approximate surface area is 594 Å². The lowest BCUT2D eigenvalue weighted by molar-refractivity contribution is -0.144. The highest BCUT2D eigenvalue weighted by Gasteiger charge is 2.27. The van der Waals surface area contributed by atoms with Crippen LogP contribution in [0.1, 0.15) is 109 Å². The van der Waals surface area contributed by atoms with Crippen LogP contribution in [0.5, 0.6) is 0 Å². The van der Waals surface area contributed by atoms with Gasteiger partial charge in [-0.2, -0.15) is 23.5 Å². The SMILES string of the molecule is CC1=C(CCC(=O)O)c2cc3nc(cc4[nH]c(cc5[nH]c(cc1n2)c(C)c5C(C)SCCNC(=O)CN(CCN(CCN(CC(=O)O)CC(=O)O)CC(=O)O)CC(=O)O)c(C)c4C(C)SCCNC(=O)CN(CCN(CCN(CC(=O)O)CC(=O)O)CC(=O)O)CC(=O)O)C(C)=C3CCC(=O)O. The molecule has 5 heterocycles. The van der Waals surface area contributed by atoms with Crippen molar-refractivity contribution in [1.29, 1.82) is 0 Å². The third kappa shape index (κ3) is 27.6. The summed E-state index contributed by atoms with van der Waals surface area (Å²) in [6, 6.07) is 7.50. The van der Waals surface area contributed by atoms with Gasteiger partial charge in [-0.1, -0.05) is 0 Å². The number of thioether (sulfide) groups is 2. The lowest BCUT2D eigenvalue weighted by Gasteiger charge is -2.27. The lowest BCUT2D eigenvalue weighted by Crippen LogP contribution is -2.46. The smallest absolute Gasteiger partial charge is 0.317 e. The van der Waals surface area contributed by atoms with E-state index in [2.05, 4.69) is 20.6 Å². The van der Waals surface area contributed by atoms with Crippen LogP contribution >= 0.6 is 23.5 Å². The minimum Gasteiger partial charge on any atom is -0.481 e. The van der Waals surface area contributed by atoms with E-state index in [-0.39, 0.29) is 115 Å². The minimum atomic E-state index is -1.29. The van der Waals surface area contributed by atoms with Gasteiger partial charge in [-0.3, -0.25) is 86.9 Å². The van der Waals surface area contributed by atoms with E-state index in [0.717, 1.165) is 37.6 Å². The fourth-order valence-electron chi connectivity index (χ4n) is 11.9. The molecule has 0 spiro atoms. The zero-order valence-corrected chi connectivity index (χ0v) is 59.2. The van der Waals surface area contributed by atoms with Crippen molar-refractivity contribution < 1.29 is 109 Å². The van der Waals surface area contributed by atoms with E-state index in [1.54, 1.807) is 6.07 Å². The van der Waals surface area contributed by atoms with Gasteiger partial charge in [-0.05, 0) is 123 Å². The van der Waals surface area contributed by atoms with Gasteiger partial charge in [-0.25, -0.2) is 9.97 Å². The van der Waals surface area contributed by atoms with Gasteiger partial charge in [0.05, 0.1) is 88.2 Å². The molecule has 0 aromatic carbocycles. The van der Waals surface area contributed by atoms with Crippen LogP contribution in [0.25, 0.3) is 44.4 Å². The molecule has 2 aliphatic rings. The number of carboxylic acids is 10. The number of rotatable bonds is 48. The van der Waals surface area contributed by atoms with Crippen molar-refractivity contribution in [1.82, 2.24) is 60.0 Å². The first kappa shape index (κ1) is 83.4. The Morgan fingerprint density at radius 2 is 0.647 bits per heavy atom. The molecule has 34 nitrogen and oxygen atoms in total. The number of aromatic nitrogens is 4. The van der Waals surface area contributed by atoms with Gasteiger partial charge in [0.1, 0.15) is 0 Å². The number of nitrogens with one attached hydrogen (secondary N) is 4. The fraction of sp³-hybridized carbons (Fsp3) is 0.515. The summed E-state index contributed by atoms with van der Waals surface area (Å²) in [7, 11) is 0. The molecule has 3 aromatic rings. The number of carboxylic acid groups (broad SMARTS) is 10.